The standard InChI is InChI=1S/C27H33N7O4.C27H35N7O2.CH4O.CH4/c1-31(14-15-37-4)12-13-32(2)24-17-26(38-5)22(16-25(24)34(35)36)30-27-28-11-10-21(29-27)20-18-33(3)23-9-7-6-8-19(20)23;1-32(14-15-35-4)12-13-33(2)25-17-26(36-5)23(16-21(25)28)31-27-29-11-10-22(30-27)20-18-34(3)24-9-7-6-8-19(20)24;1-2;/h6-11,16-18H,12-15H2,1-5H3,(H,28,29,30);6-11,16-18H,12-15,28H2,1-5H3,(H,29,30,31);2H,1H3;1H4. The third-order valence-corrected chi connectivity index (χ3v) is 12.8. The number of aryl methyl sites for hydroxylation is 2. The lowest BCUT2D eigenvalue weighted by atomic mass is 10.1. The number of nitrogens with one attached hydrogen (secondary N) is 2. The molecule has 4 aromatic carbocycles. The van der Waals surface area contributed by atoms with Gasteiger partial charge < -0.3 is 69.2 Å². The molecule has 0 bridgehead atoms. The summed E-state index contributed by atoms with van der Waals surface area (Å²) in [5, 5.41) is 27.7. The number of nitrogen functional groups attached to an aromatic ring is 1. The van der Waals surface area contributed by atoms with Gasteiger partial charge in [0.2, 0.25) is 11.9 Å². The summed E-state index contributed by atoms with van der Waals surface area (Å²) in [4.78, 5) is 38.2. The van der Waals surface area contributed by atoms with Crippen molar-refractivity contribution in [2.45, 2.75) is 7.43 Å². The minimum atomic E-state index is -0.390. The molecular weight excluding hydrogens is 981 g/mol. The predicted octanol–water partition coefficient (Wildman–Crippen LogP) is 8.54. The second-order valence-electron chi connectivity index (χ2n) is 18.0. The van der Waals surface area contributed by atoms with E-state index in [2.05, 4.69) is 81.9 Å². The number of nitro benzene ring substituents is 1. The van der Waals surface area contributed by atoms with Gasteiger partial charge in [0, 0.05) is 165 Å². The fourth-order valence-corrected chi connectivity index (χ4v) is 8.53. The molecule has 0 saturated carbocycles. The highest BCUT2D eigenvalue weighted by molar-refractivity contribution is 5.96. The van der Waals surface area contributed by atoms with Gasteiger partial charge in [-0.3, -0.25) is 10.1 Å². The first-order chi connectivity index (χ1) is 36.7. The van der Waals surface area contributed by atoms with E-state index in [0.29, 0.717) is 72.4 Å². The lowest BCUT2D eigenvalue weighted by molar-refractivity contribution is -0.384. The van der Waals surface area contributed by atoms with Gasteiger partial charge in [-0.15, -0.1) is 0 Å². The number of ether oxygens (including phenoxy) is 4. The number of hydrogen-bond donors (Lipinski definition) is 4. The second kappa shape index (κ2) is 28.7. The molecule has 0 saturated heterocycles. The average Bonchev–Trinajstić information content (AvgIpc) is 4.00. The van der Waals surface area contributed by atoms with Crippen LogP contribution in [0.4, 0.5) is 46.0 Å². The zero-order chi connectivity index (χ0) is 54.9. The second-order valence-corrected chi connectivity index (χ2v) is 18.0. The van der Waals surface area contributed by atoms with Crippen molar-refractivity contribution in [3.63, 3.8) is 0 Å². The lowest BCUT2D eigenvalue weighted by Crippen LogP contribution is -2.32. The highest BCUT2D eigenvalue weighted by Gasteiger charge is 2.23. The Morgan fingerprint density at radius 1 is 0.623 bits per heavy atom. The number of aliphatic hydroxyl groups is 1. The summed E-state index contributed by atoms with van der Waals surface area (Å²) in [6, 6.07) is 27.1. The molecule has 0 aliphatic heterocycles. The Hall–Kier alpha value is -8.08. The minimum Gasteiger partial charge on any atom is -0.494 e. The first-order valence-electron chi connectivity index (χ1n) is 24.6. The summed E-state index contributed by atoms with van der Waals surface area (Å²) in [6.07, 6.45) is 7.53. The van der Waals surface area contributed by atoms with Crippen LogP contribution in [0.1, 0.15) is 7.43 Å². The zero-order valence-corrected chi connectivity index (χ0v) is 45.4. The minimum absolute atomic E-state index is 0. The normalized spacial score (nSPS) is 10.9. The van der Waals surface area contributed by atoms with E-state index in [1.165, 1.54) is 13.2 Å². The number of rotatable bonds is 23. The Morgan fingerprint density at radius 2 is 1.05 bits per heavy atom. The summed E-state index contributed by atoms with van der Waals surface area (Å²) in [5.74, 6) is 1.89. The number of methoxy groups -OCH3 is 4. The van der Waals surface area contributed by atoms with Crippen LogP contribution in [0.25, 0.3) is 44.3 Å². The Kier molecular flexibility index (Phi) is 22.3. The van der Waals surface area contributed by atoms with Crippen LogP contribution in [0.15, 0.2) is 110 Å². The molecule has 412 valence electrons. The van der Waals surface area contributed by atoms with Gasteiger partial charge in [0.1, 0.15) is 17.2 Å². The van der Waals surface area contributed by atoms with E-state index in [4.69, 9.17) is 39.8 Å². The number of anilines is 7. The van der Waals surface area contributed by atoms with Gasteiger partial charge in [-0.25, -0.2) is 19.9 Å². The fraction of sp³-hybridized carbons (Fsp3) is 0.357. The molecule has 77 heavy (non-hydrogen) atoms. The number of aliphatic hydroxyl groups excluding tert-OH is 1. The van der Waals surface area contributed by atoms with Crippen molar-refractivity contribution >= 4 is 67.8 Å². The van der Waals surface area contributed by atoms with Gasteiger partial charge in [0.05, 0.1) is 66.5 Å². The molecule has 0 atom stereocenters. The first-order valence-corrected chi connectivity index (χ1v) is 24.6. The Balaban J connectivity index is 0.000000272. The molecule has 0 radical (unpaired) electrons. The van der Waals surface area contributed by atoms with Gasteiger partial charge in [-0.2, -0.15) is 0 Å². The monoisotopic (exact) mass is 1060 g/mol. The molecule has 0 amide bonds. The van der Waals surface area contributed by atoms with Gasteiger partial charge in [0.25, 0.3) is 5.69 Å². The van der Waals surface area contributed by atoms with Crippen LogP contribution >= 0.6 is 0 Å². The van der Waals surface area contributed by atoms with Gasteiger partial charge in [-0.1, -0.05) is 43.8 Å². The molecule has 8 rings (SSSR count). The van der Waals surface area contributed by atoms with E-state index in [1.54, 1.807) is 39.8 Å². The van der Waals surface area contributed by atoms with E-state index < -0.39 is 4.92 Å². The van der Waals surface area contributed by atoms with E-state index in [9.17, 15) is 10.1 Å². The highest BCUT2D eigenvalue weighted by Crippen LogP contribution is 2.40. The van der Waals surface area contributed by atoms with Crippen LogP contribution in [-0.2, 0) is 23.6 Å². The van der Waals surface area contributed by atoms with E-state index >= 15 is 0 Å². The molecule has 8 aromatic rings. The number of para-hydroxylation sites is 2. The number of hydrogen-bond acceptors (Lipinski definition) is 18. The Bertz CT molecular complexity index is 3170. The molecule has 0 aliphatic carbocycles. The molecular formula is C56H76N14O7. The third kappa shape index (κ3) is 15.1. The SMILES string of the molecule is C.CO.COCCN(C)CCN(C)c1cc(OC)c(Nc2nccc(-c3cn(C)c4ccccc34)n2)cc1N.COCCN(C)CCN(C)c1cc(OC)c(Nc2nccc(-c3cn(C)c4ccccc34)n2)cc1[N+](=O)[O-]. The molecule has 21 heteroatoms. The van der Waals surface area contributed by atoms with Crippen LogP contribution in [0.5, 0.6) is 11.5 Å². The summed E-state index contributed by atoms with van der Waals surface area (Å²) in [5.41, 5.74) is 15.4. The maximum atomic E-state index is 12.0. The van der Waals surface area contributed by atoms with Crippen molar-refractivity contribution in [2.24, 2.45) is 14.1 Å². The van der Waals surface area contributed by atoms with Gasteiger partial charge in [-0.05, 0) is 44.4 Å². The molecule has 0 unspecified atom stereocenters. The number of benzene rings is 4. The molecule has 4 heterocycles. The predicted molar refractivity (Wildman–Crippen MR) is 312 cm³/mol. The van der Waals surface area contributed by atoms with Crippen molar-refractivity contribution in [1.82, 2.24) is 38.9 Å². The number of aromatic nitrogens is 6. The fourth-order valence-electron chi connectivity index (χ4n) is 8.53. The van der Waals surface area contributed by atoms with Crippen LogP contribution in [0, 0.1) is 10.1 Å². The Morgan fingerprint density at radius 3 is 1.49 bits per heavy atom. The number of fused-ring (bicyclic) bond motifs is 2. The zero-order valence-electron chi connectivity index (χ0n) is 45.4. The van der Waals surface area contributed by atoms with Crippen molar-refractivity contribution in [3.8, 4) is 34.0 Å². The van der Waals surface area contributed by atoms with Crippen LogP contribution < -0.4 is 35.6 Å². The molecule has 0 aliphatic rings. The van der Waals surface area contributed by atoms with Crippen LogP contribution in [0.3, 0.4) is 0 Å². The van der Waals surface area contributed by atoms with Crippen molar-refractivity contribution in [2.75, 3.05) is 142 Å². The van der Waals surface area contributed by atoms with Crippen molar-refractivity contribution in [3.05, 3.63) is 120 Å². The van der Waals surface area contributed by atoms with Crippen LogP contribution in [0.2, 0.25) is 0 Å². The maximum Gasteiger partial charge on any atom is 0.294 e. The van der Waals surface area contributed by atoms with Gasteiger partial charge in [0.15, 0.2) is 0 Å². The van der Waals surface area contributed by atoms with E-state index in [0.717, 1.165) is 83.3 Å². The average molecular weight is 1060 g/mol. The smallest absolute Gasteiger partial charge is 0.294 e. The first kappa shape index (κ1) is 59.8. The van der Waals surface area contributed by atoms with Gasteiger partial charge >= 0.3 is 0 Å². The number of nitrogens with zero attached hydrogens (tertiary/aromatic N) is 11. The van der Waals surface area contributed by atoms with Crippen LogP contribution in [-0.4, -0.2) is 165 Å². The van der Waals surface area contributed by atoms with E-state index in [1.807, 2.05) is 94.9 Å². The Labute approximate surface area is 451 Å². The maximum absolute atomic E-state index is 12.0. The summed E-state index contributed by atoms with van der Waals surface area (Å²) in [7, 11) is 19.5. The summed E-state index contributed by atoms with van der Waals surface area (Å²) >= 11 is 0. The summed E-state index contributed by atoms with van der Waals surface area (Å²) < 4.78 is 25.7. The number of nitrogens with two attached hydrogens (primary N) is 1. The lowest BCUT2D eigenvalue weighted by Gasteiger charge is -2.25. The molecule has 21 nitrogen and oxygen atoms in total. The highest BCUT2D eigenvalue weighted by atomic mass is 16.6. The van der Waals surface area contributed by atoms with E-state index in [-0.39, 0.29) is 13.1 Å². The molecule has 0 fully saturated rings. The number of nitro groups is 1. The number of likely N-dealkylation sites (N-methyl/N-ethyl adjacent to an activating group) is 4. The quantitative estimate of drug-likeness (QED) is 0.0267. The topological polar surface area (TPSA) is 225 Å². The van der Waals surface area contributed by atoms with Crippen molar-refractivity contribution < 1.29 is 29.0 Å². The molecule has 0 spiro atoms. The molecule has 5 N–H and O–H groups in total. The third-order valence-electron chi connectivity index (χ3n) is 12.8. The van der Waals surface area contributed by atoms with Crippen molar-refractivity contribution in [1.29, 1.82) is 0 Å². The summed E-state index contributed by atoms with van der Waals surface area (Å²) in [6.45, 7) is 5.99. The largest absolute Gasteiger partial charge is 0.494 e. The molecule has 4 aromatic heterocycles.